The van der Waals surface area contributed by atoms with Crippen LogP contribution < -0.4 is 10.1 Å². The predicted molar refractivity (Wildman–Crippen MR) is 125 cm³/mol. The van der Waals surface area contributed by atoms with Crippen molar-refractivity contribution in [1.82, 2.24) is 4.98 Å². The number of pyridine rings is 1. The Morgan fingerprint density at radius 2 is 1.77 bits per heavy atom. The van der Waals surface area contributed by atoms with E-state index in [1.54, 1.807) is 54.6 Å². The minimum absolute atomic E-state index is 0.0824. The van der Waals surface area contributed by atoms with E-state index in [0.29, 0.717) is 33.5 Å². The number of rotatable bonds is 7. The van der Waals surface area contributed by atoms with E-state index in [2.05, 4.69) is 10.3 Å². The van der Waals surface area contributed by atoms with Crippen LogP contribution in [0.2, 0.25) is 0 Å². The fourth-order valence-electron chi connectivity index (χ4n) is 3.47. The molecule has 3 aromatic carbocycles. The molecule has 9 heteroatoms. The molecule has 35 heavy (non-hydrogen) atoms. The van der Waals surface area contributed by atoms with E-state index in [4.69, 9.17) is 9.84 Å². The number of aliphatic hydroxyl groups excluding tert-OH is 2. The average molecular weight is 482 g/mol. The molecule has 1 heterocycles. The summed E-state index contributed by atoms with van der Waals surface area (Å²) < 4.78 is 45.0. The van der Waals surface area contributed by atoms with E-state index < -0.39 is 30.4 Å². The Kier molecular flexibility index (Phi) is 6.99. The quantitative estimate of drug-likeness (QED) is 0.348. The third kappa shape index (κ3) is 5.76. The van der Waals surface area contributed by atoms with Crippen molar-refractivity contribution in [2.24, 2.45) is 0 Å². The number of benzene rings is 3. The van der Waals surface area contributed by atoms with E-state index in [1.807, 2.05) is 0 Å². The SMILES string of the molecule is O=C(Nc1cccc(OCC(O)CO)c1)c1ccc2cccc(-c3cccc(C(F)(F)F)c3)c2n1. The number of amides is 1. The zero-order chi connectivity index (χ0) is 25.0. The van der Waals surface area contributed by atoms with E-state index in [0.717, 1.165) is 12.1 Å². The number of nitrogens with one attached hydrogen (secondary N) is 1. The summed E-state index contributed by atoms with van der Waals surface area (Å²) >= 11 is 0. The fourth-order valence-corrected chi connectivity index (χ4v) is 3.47. The first-order valence-electron chi connectivity index (χ1n) is 10.6. The second-order valence-corrected chi connectivity index (χ2v) is 7.78. The molecular formula is C26H21F3N2O4. The van der Waals surface area contributed by atoms with Crippen molar-refractivity contribution in [2.75, 3.05) is 18.5 Å². The maximum Gasteiger partial charge on any atom is 0.416 e. The van der Waals surface area contributed by atoms with Gasteiger partial charge in [-0.05, 0) is 35.9 Å². The van der Waals surface area contributed by atoms with Crippen molar-refractivity contribution in [3.05, 3.63) is 90.1 Å². The van der Waals surface area contributed by atoms with E-state index in [1.165, 1.54) is 12.1 Å². The molecule has 0 aliphatic carbocycles. The smallest absolute Gasteiger partial charge is 0.416 e. The van der Waals surface area contributed by atoms with Gasteiger partial charge in [0.05, 0.1) is 17.7 Å². The Morgan fingerprint density at radius 1 is 1.00 bits per heavy atom. The van der Waals surface area contributed by atoms with Crippen LogP contribution in [0, 0.1) is 0 Å². The van der Waals surface area contributed by atoms with Crippen LogP contribution in [0.4, 0.5) is 18.9 Å². The Balaban J connectivity index is 1.61. The summed E-state index contributed by atoms with van der Waals surface area (Å²) in [4.78, 5) is 17.3. The number of hydrogen-bond acceptors (Lipinski definition) is 5. The number of anilines is 1. The molecule has 0 aliphatic heterocycles. The van der Waals surface area contributed by atoms with Crippen LogP contribution in [-0.4, -0.2) is 40.4 Å². The van der Waals surface area contributed by atoms with Crippen LogP contribution >= 0.6 is 0 Å². The third-order valence-corrected chi connectivity index (χ3v) is 5.20. The number of nitrogens with zero attached hydrogens (tertiary/aromatic N) is 1. The highest BCUT2D eigenvalue weighted by Gasteiger charge is 2.30. The Morgan fingerprint density at radius 3 is 2.54 bits per heavy atom. The first-order valence-corrected chi connectivity index (χ1v) is 10.6. The minimum atomic E-state index is -4.48. The summed E-state index contributed by atoms with van der Waals surface area (Å²) in [5, 5.41) is 21.7. The zero-order valence-electron chi connectivity index (χ0n) is 18.3. The topological polar surface area (TPSA) is 91.7 Å². The van der Waals surface area contributed by atoms with Crippen LogP contribution in [0.15, 0.2) is 78.9 Å². The molecule has 4 aromatic rings. The largest absolute Gasteiger partial charge is 0.491 e. The first kappa shape index (κ1) is 24.2. The predicted octanol–water partition coefficient (Wildman–Crippen LogP) is 4.90. The van der Waals surface area contributed by atoms with Gasteiger partial charge in [-0.2, -0.15) is 13.2 Å². The molecule has 0 saturated heterocycles. The van der Waals surface area contributed by atoms with Gasteiger partial charge in [0.2, 0.25) is 0 Å². The summed E-state index contributed by atoms with van der Waals surface area (Å²) in [6.07, 6.45) is -5.51. The van der Waals surface area contributed by atoms with Crippen LogP contribution in [0.3, 0.4) is 0 Å². The van der Waals surface area contributed by atoms with E-state index in [-0.39, 0.29) is 12.3 Å². The normalized spacial score (nSPS) is 12.4. The standard InChI is InChI=1S/C26H21F3N2O4/c27-26(28,29)18-6-1-5-17(12-18)22-9-2-4-16-10-11-23(31-24(16)22)25(34)30-19-7-3-8-21(13-19)35-15-20(33)14-32/h1-13,20,32-33H,14-15H2,(H,30,34). The summed E-state index contributed by atoms with van der Waals surface area (Å²) in [6.45, 7) is -0.551. The molecule has 6 nitrogen and oxygen atoms in total. The lowest BCUT2D eigenvalue weighted by Gasteiger charge is -2.12. The highest BCUT2D eigenvalue weighted by molar-refractivity contribution is 6.05. The molecule has 0 bridgehead atoms. The molecule has 4 rings (SSSR count). The van der Waals surface area contributed by atoms with Crippen LogP contribution in [0.5, 0.6) is 5.75 Å². The zero-order valence-corrected chi connectivity index (χ0v) is 18.3. The van der Waals surface area contributed by atoms with Gasteiger partial charge in [-0.1, -0.05) is 42.5 Å². The number of para-hydroxylation sites is 1. The van der Waals surface area contributed by atoms with Crippen molar-refractivity contribution >= 4 is 22.5 Å². The molecule has 1 aromatic heterocycles. The van der Waals surface area contributed by atoms with E-state index >= 15 is 0 Å². The number of fused-ring (bicyclic) bond motifs is 1. The van der Waals surface area contributed by atoms with E-state index in [9.17, 15) is 23.1 Å². The van der Waals surface area contributed by atoms with Gasteiger partial charge in [0, 0.05) is 22.7 Å². The Hall–Kier alpha value is -3.95. The summed E-state index contributed by atoms with van der Waals surface area (Å²) in [5.41, 5.74) is 0.938. The maximum atomic E-state index is 13.2. The van der Waals surface area contributed by atoms with Crippen molar-refractivity contribution in [3.8, 4) is 16.9 Å². The van der Waals surface area contributed by atoms with Crippen LogP contribution in [0.25, 0.3) is 22.0 Å². The molecule has 3 N–H and O–H groups in total. The van der Waals surface area contributed by atoms with Crippen LogP contribution in [0.1, 0.15) is 16.1 Å². The highest BCUT2D eigenvalue weighted by Crippen LogP contribution is 2.34. The Labute approximate surface area is 198 Å². The number of carbonyl (C=O) groups is 1. The van der Waals surface area contributed by atoms with Crippen LogP contribution in [-0.2, 0) is 6.18 Å². The summed E-state index contributed by atoms with van der Waals surface area (Å²) in [5.74, 6) is -0.133. The lowest BCUT2D eigenvalue weighted by atomic mass is 9.99. The summed E-state index contributed by atoms with van der Waals surface area (Å²) in [7, 11) is 0. The monoisotopic (exact) mass is 482 g/mol. The lowest BCUT2D eigenvalue weighted by molar-refractivity contribution is -0.137. The van der Waals surface area contributed by atoms with Crippen molar-refractivity contribution in [3.63, 3.8) is 0 Å². The number of carbonyl (C=O) groups excluding carboxylic acids is 1. The number of alkyl halides is 3. The molecule has 1 unspecified atom stereocenters. The number of ether oxygens (including phenoxy) is 1. The van der Waals surface area contributed by atoms with Gasteiger partial charge in [0.15, 0.2) is 0 Å². The molecule has 1 amide bonds. The highest BCUT2D eigenvalue weighted by atomic mass is 19.4. The molecule has 0 radical (unpaired) electrons. The molecule has 0 saturated carbocycles. The number of hydrogen-bond donors (Lipinski definition) is 3. The van der Waals surface area contributed by atoms with Gasteiger partial charge in [-0.15, -0.1) is 0 Å². The molecule has 0 fully saturated rings. The lowest BCUT2D eigenvalue weighted by Crippen LogP contribution is -2.21. The molecule has 180 valence electrons. The van der Waals surface area contributed by atoms with Gasteiger partial charge in [0.1, 0.15) is 24.2 Å². The third-order valence-electron chi connectivity index (χ3n) is 5.20. The molecule has 0 aliphatic rings. The van der Waals surface area contributed by atoms with Gasteiger partial charge in [0.25, 0.3) is 5.91 Å². The van der Waals surface area contributed by atoms with Gasteiger partial charge < -0.3 is 20.3 Å². The Bertz CT molecular complexity index is 1360. The fraction of sp³-hybridized carbons (Fsp3) is 0.154. The van der Waals surface area contributed by atoms with Gasteiger partial charge in [-0.3, -0.25) is 4.79 Å². The number of aromatic nitrogens is 1. The molecule has 0 spiro atoms. The first-order chi connectivity index (χ1) is 16.7. The van der Waals surface area contributed by atoms with Crippen molar-refractivity contribution in [2.45, 2.75) is 12.3 Å². The molecule has 1 atom stereocenters. The maximum absolute atomic E-state index is 13.2. The second kappa shape index (κ2) is 10.1. The van der Waals surface area contributed by atoms with Gasteiger partial charge >= 0.3 is 6.18 Å². The average Bonchev–Trinajstić information content (AvgIpc) is 2.86. The minimum Gasteiger partial charge on any atom is -0.491 e. The van der Waals surface area contributed by atoms with Crippen molar-refractivity contribution in [1.29, 1.82) is 0 Å². The van der Waals surface area contributed by atoms with Crippen molar-refractivity contribution < 1.29 is 32.9 Å². The number of halogens is 3. The second-order valence-electron chi connectivity index (χ2n) is 7.78. The van der Waals surface area contributed by atoms with Gasteiger partial charge in [-0.25, -0.2) is 4.98 Å². The summed E-state index contributed by atoms with van der Waals surface area (Å²) in [6, 6.07) is 19.8. The molecular weight excluding hydrogens is 461 g/mol. The number of aliphatic hydroxyl groups is 2.